The number of carbonyl (C=O) groups excluding carboxylic acids is 1. The molecule has 7 rings (SSSR count). The van der Waals surface area contributed by atoms with Crippen molar-refractivity contribution in [2.45, 2.75) is 28.8 Å². The summed E-state index contributed by atoms with van der Waals surface area (Å²) in [7, 11) is -5.35. The minimum absolute atomic E-state index is 0.0149. The predicted molar refractivity (Wildman–Crippen MR) is 237 cm³/mol. The summed E-state index contributed by atoms with van der Waals surface area (Å²) in [5.74, 6) is -0.990. The predicted octanol–water partition coefficient (Wildman–Crippen LogP) is 6.71. The van der Waals surface area contributed by atoms with E-state index in [4.69, 9.17) is 11.6 Å². The first-order chi connectivity index (χ1) is 29.2. The second kappa shape index (κ2) is 18.2. The van der Waals surface area contributed by atoms with E-state index in [1.54, 1.807) is 24.3 Å². The van der Waals surface area contributed by atoms with Gasteiger partial charge in [0, 0.05) is 81.4 Å². The van der Waals surface area contributed by atoms with Crippen LogP contribution >= 0.6 is 11.6 Å². The van der Waals surface area contributed by atoms with Crippen LogP contribution in [0.25, 0.3) is 22.0 Å². The second-order valence-corrected chi connectivity index (χ2v) is 19.0. The number of nitrogens with zero attached hydrogens (tertiary/aromatic N) is 6. The molecule has 1 fully saturated rings. The fourth-order valence-electron chi connectivity index (χ4n) is 7.19. The second-order valence-electron chi connectivity index (χ2n) is 14.8. The number of hydrogen-bond acceptors (Lipinski definition) is 12. The number of rotatable bonds is 15. The topological polar surface area (TPSA) is 188 Å². The summed E-state index contributed by atoms with van der Waals surface area (Å²) in [5.41, 5.74) is 4.13. The van der Waals surface area contributed by atoms with E-state index in [2.05, 4.69) is 41.9 Å². The number of piperazine rings is 1. The highest BCUT2D eigenvalue weighted by atomic mass is 35.5. The maximum atomic E-state index is 13.7. The van der Waals surface area contributed by atoms with Gasteiger partial charge < -0.3 is 15.1 Å². The van der Waals surface area contributed by atoms with E-state index in [-0.39, 0.29) is 22.8 Å². The Kier molecular flexibility index (Phi) is 12.8. The summed E-state index contributed by atoms with van der Waals surface area (Å²) in [4.78, 5) is 38.4. The summed E-state index contributed by atoms with van der Waals surface area (Å²) in [6.45, 7) is 3.96. The van der Waals surface area contributed by atoms with Crippen molar-refractivity contribution in [3.8, 4) is 11.1 Å². The van der Waals surface area contributed by atoms with E-state index < -0.39 is 53.1 Å². The third-order valence-corrected chi connectivity index (χ3v) is 13.9. The molecule has 2 heterocycles. The third-order valence-electron chi connectivity index (χ3n) is 10.4. The number of benzene rings is 5. The Labute approximate surface area is 359 Å². The van der Waals surface area contributed by atoms with Crippen LogP contribution in [0.3, 0.4) is 0 Å². The van der Waals surface area contributed by atoms with Gasteiger partial charge in [0.05, 0.1) is 26.0 Å². The van der Waals surface area contributed by atoms with E-state index >= 15 is 0 Å². The Bertz CT molecular complexity index is 2790. The molecule has 6 aromatic rings. The Morgan fingerprint density at radius 2 is 1.56 bits per heavy atom. The van der Waals surface area contributed by atoms with Gasteiger partial charge >= 0.3 is 0 Å². The van der Waals surface area contributed by atoms with Gasteiger partial charge in [0.15, 0.2) is 15.7 Å². The molecule has 5 aromatic carbocycles. The van der Waals surface area contributed by atoms with Crippen molar-refractivity contribution in [3.63, 3.8) is 0 Å². The highest BCUT2D eigenvalue weighted by Gasteiger charge is 2.29. The zero-order valence-electron chi connectivity index (χ0n) is 33.3. The summed E-state index contributed by atoms with van der Waals surface area (Å²) in [5, 5.41) is 16.3. The zero-order chi connectivity index (χ0) is 43.3. The van der Waals surface area contributed by atoms with Gasteiger partial charge in [-0.25, -0.2) is 26.8 Å². The monoisotopic (exact) mass is 882 g/mol. The van der Waals surface area contributed by atoms with Crippen molar-refractivity contribution in [2.75, 3.05) is 61.0 Å². The fourth-order valence-corrected chi connectivity index (χ4v) is 9.86. The summed E-state index contributed by atoms with van der Waals surface area (Å²) < 4.78 is 56.5. The molecule has 1 amide bonds. The Hall–Kier alpha value is -6.14. The molecular formula is C43H43ClN8O7S2. The number of nitrogens with one attached hydrogen (secondary N) is 2. The first kappa shape index (κ1) is 43.0. The van der Waals surface area contributed by atoms with Crippen LogP contribution in [-0.2, 0) is 31.2 Å². The number of sulfonamides is 1. The number of aromatic nitrogens is 2. The molecule has 0 bridgehead atoms. The number of fused-ring (bicyclic) bond motifs is 1. The molecule has 15 nitrogen and oxygen atoms in total. The minimum atomic E-state index is -4.44. The molecule has 0 aliphatic carbocycles. The van der Waals surface area contributed by atoms with Crippen LogP contribution in [0.5, 0.6) is 0 Å². The maximum Gasteiger partial charge on any atom is 0.293 e. The van der Waals surface area contributed by atoms with Gasteiger partial charge in [0.2, 0.25) is 5.91 Å². The Morgan fingerprint density at radius 3 is 2.26 bits per heavy atom. The van der Waals surface area contributed by atoms with Gasteiger partial charge in [-0.3, -0.25) is 24.5 Å². The SMILES string of the molecule is CN(C)C(=O)C[C@H](CS(=O)(=O)c1ccccc1)Nc1ccc(S(=O)(=O)Nc2ncnc3cc(N4CCN(Cc5ccccc5-c5ccc(Cl)cc5)CC4)ccc23)cc1[N+](=O)[O-]. The molecule has 0 unspecified atom stereocenters. The van der Waals surface area contributed by atoms with E-state index in [1.807, 2.05) is 48.5 Å². The number of hydrogen-bond donors (Lipinski definition) is 2. The van der Waals surface area contributed by atoms with Crippen LogP contribution in [0.15, 0.2) is 131 Å². The lowest BCUT2D eigenvalue weighted by Gasteiger charge is -2.36. The first-order valence-electron chi connectivity index (χ1n) is 19.3. The molecule has 61 heavy (non-hydrogen) atoms. The number of carbonyl (C=O) groups is 1. The standard InChI is InChI=1S/C43H43ClN8O7S2/c1-49(2)42(53)24-33(28-60(56,57)35-9-4-3-5-10-35)47-39-19-17-36(26-41(39)52(54)55)61(58,59)48-43-38-18-16-34(25-40(38)45-29-46-43)51-22-20-50(21-23-51)27-31-8-6-7-11-37(31)30-12-14-32(44)15-13-30/h3-19,25-26,29,33,47H,20-24,27-28H2,1-2H3,(H,45,46,48)/t33-/m1/s1. The van der Waals surface area contributed by atoms with Crippen LogP contribution in [0.4, 0.5) is 22.9 Å². The normalized spacial score (nSPS) is 14.0. The number of halogens is 1. The van der Waals surface area contributed by atoms with Crippen LogP contribution in [-0.4, -0.2) is 99.5 Å². The van der Waals surface area contributed by atoms with Gasteiger partial charge in [-0.15, -0.1) is 0 Å². The van der Waals surface area contributed by atoms with Crippen LogP contribution in [0, 0.1) is 10.1 Å². The average molecular weight is 883 g/mol. The number of nitro groups is 1. The number of amides is 1. The van der Waals surface area contributed by atoms with Gasteiger partial charge in [0.25, 0.3) is 15.7 Å². The van der Waals surface area contributed by atoms with Crippen molar-refractivity contribution in [1.82, 2.24) is 19.8 Å². The molecule has 1 aliphatic rings. The molecule has 0 radical (unpaired) electrons. The van der Waals surface area contributed by atoms with Crippen LogP contribution < -0.4 is 14.9 Å². The lowest BCUT2D eigenvalue weighted by molar-refractivity contribution is -0.384. The molecule has 316 valence electrons. The Morgan fingerprint density at radius 1 is 0.852 bits per heavy atom. The lowest BCUT2D eigenvalue weighted by atomic mass is 9.99. The van der Waals surface area contributed by atoms with Gasteiger partial charge in [-0.2, -0.15) is 0 Å². The van der Waals surface area contributed by atoms with Crippen molar-refractivity contribution < 1.29 is 26.6 Å². The third kappa shape index (κ3) is 10.3. The van der Waals surface area contributed by atoms with E-state index in [9.17, 15) is 31.7 Å². The molecular weight excluding hydrogens is 840 g/mol. The molecule has 0 saturated carbocycles. The zero-order valence-corrected chi connectivity index (χ0v) is 35.7. The van der Waals surface area contributed by atoms with Gasteiger partial charge in [0.1, 0.15) is 12.0 Å². The van der Waals surface area contributed by atoms with Crippen molar-refractivity contribution in [2.24, 2.45) is 0 Å². The molecule has 0 spiro atoms. The smallest absolute Gasteiger partial charge is 0.293 e. The lowest BCUT2D eigenvalue weighted by Crippen LogP contribution is -2.46. The molecule has 1 saturated heterocycles. The minimum Gasteiger partial charge on any atom is -0.375 e. The highest BCUT2D eigenvalue weighted by Crippen LogP contribution is 2.32. The van der Waals surface area contributed by atoms with Crippen molar-refractivity contribution >= 4 is 71.2 Å². The largest absolute Gasteiger partial charge is 0.375 e. The van der Waals surface area contributed by atoms with E-state index in [0.29, 0.717) is 15.9 Å². The summed E-state index contributed by atoms with van der Waals surface area (Å²) >= 11 is 6.13. The summed E-state index contributed by atoms with van der Waals surface area (Å²) in [6, 6.07) is 31.5. The quantitative estimate of drug-likeness (QED) is 0.0821. The molecule has 2 N–H and O–H groups in total. The molecule has 1 aliphatic heterocycles. The highest BCUT2D eigenvalue weighted by molar-refractivity contribution is 7.92. The average Bonchev–Trinajstić information content (AvgIpc) is 3.24. The molecule has 1 atom stereocenters. The van der Waals surface area contributed by atoms with Crippen molar-refractivity contribution in [3.05, 3.63) is 142 Å². The van der Waals surface area contributed by atoms with Crippen molar-refractivity contribution in [1.29, 1.82) is 0 Å². The van der Waals surface area contributed by atoms with E-state index in [0.717, 1.165) is 56.1 Å². The van der Waals surface area contributed by atoms with Crippen LogP contribution in [0.1, 0.15) is 12.0 Å². The van der Waals surface area contributed by atoms with Gasteiger partial charge in [-0.05, 0) is 71.3 Å². The molecule has 18 heteroatoms. The van der Waals surface area contributed by atoms with Gasteiger partial charge in [-0.1, -0.05) is 66.2 Å². The summed E-state index contributed by atoms with van der Waals surface area (Å²) in [6.07, 6.45) is 0.936. The number of sulfone groups is 1. The molecule has 1 aromatic heterocycles. The van der Waals surface area contributed by atoms with E-state index in [1.165, 1.54) is 54.6 Å². The maximum absolute atomic E-state index is 13.7. The number of nitro benzene ring substituents is 1. The first-order valence-corrected chi connectivity index (χ1v) is 22.8. The Balaban J connectivity index is 1.05. The number of anilines is 3. The fraction of sp³-hybridized carbons (Fsp3) is 0.233. The van der Waals surface area contributed by atoms with Crippen LogP contribution in [0.2, 0.25) is 5.02 Å².